The van der Waals surface area contributed by atoms with Crippen LogP contribution in [0, 0.1) is 5.82 Å². The third-order valence-corrected chi connectivity index (χ3v) is 7.53. The Bertz CT molecular complexity index is 1010. The van der Waals surface area contributed by atoms with Crippen LogP contribution in [-0.2, 0) is 0 Å². The number of hydrogen-bond donors (Lipinski definition) is 0. The molecule has 0 unspecified atom stereocenters. The fourth-order valence-electron chi connectivity index (χ4n) is 4.36. The first kappa shape index (κ1) is 19.2. The molecule has 1 spiro atoms. The van der Waals surface area contributed by atoms with Gasteiger partial charge in [-0.2, -0.15) is 0 Å². The van der Waals surface area contributed by atoms with E-state index >= 15 is 0 Å². The average molecular weight is 428 g/mol. The lowest BCUT2D eigenvalue weighted by Crippen LogP contribution is -2.53. The van der Waals surface area contributed by atoms with Gasteiger partial charge in [0.15, 0.2) is 11.5 Å². The molecule has 3 aliphatic rings. The molecule has 5 rings (SSSR count). The van der Waals surface area contributed by atoms with E-state index in [9.17, 15) is 14.0 Å². The van der Waals surface area contributed by atoms with Crippen LogP contribution < -0.4 is 9.47 Å². The van der Waals surface area contributed by atoms with Crippen LogP contribution in [0.3, 0.4) is 0 Å². The van der Waals surface area contributed by atoms with Crippen molar-refractivity contribution in [3.8, 4) is 11.5 Å². The highest BCUT2D eigenvalue weighted by Crippen LogP contribution is 2.45. The topological polar surface area (TPSA) is 59.1 Å². The fourth-order valence-corrected chi connectivity index (χ4v) is 5.82. The SMILES string of the molecule is O=C(c1ccc2c(c1)OCO2)N1CCC2(CC1)SCCN2C(=O)c1ccccc1F. The van der Waals surface area contributed by atoms with E-state index in [4.69, 9.17) is 9.47 Å². The average Bonchev–Trinajstić information content (AvgIpc) is 3.40. The molecular weight excluding hydrogens is 407 g/mol. The molecule has 0 aromatic heterocycles. The zero-order chi connectivity index (χ0) is 20.7. The molecule has 156 valence electrons. The molecule has 0 atom stereocenters. The Morgan fingerprint density at radius 3 is 2.53 bits per heavy atom. The Morgan fingerprint density at radius 2 is 1.73 bits per heavy atom. The summed E-state index contributed by atoms with van der Waals surface area (Å²) in [7, 11) is 0. The summed E-state index contributed by atoms with van der Waals surface area (Å²) < 4.78 is 24.9. The van der Waals surface area contributed by atoms with Gasteiger partial charge in [-0.05, 0) is 43.2 Å². The van der Waals surface area contributed by atoms with Crippen molar-refractivity contribution < 1.29 is 23.5 Å². The molecule has 2 amide bonds. The van der Waals surface area contributed by atoms with E-state index in [0.717, 1.165) is 5.75 Å². The van der Waals surface area contributed by atoms with E-state index in [-0.39, 0.29) is 29.0 Å². The molecule has 0 bridgehead atoms. The predicted molar refractivity (Wildman–Crippen MR) is 110 cm³/mol. The van der Waals surface area contributed by atoms with E-state index in [1.54, 1.807) is 47.0 Å². The number of rotatable bonds is 2. The number of nitrogens with zero attached hydrogens (tertiary/aromatic N) is 2. The lowest BCUT2D eigenvalue weighted by Gasteiger charge is -2.44. The first-order valence-corrected chi connectivity index (χ1v) is 11.0. The summed E-state index contributed by atoms with van der Waals surface area (Å²) in [5, 5.41) is 0. The van der Waals surface area contributed by atoms with Crippen molar-refractivity contribution in [3.05, 3.63) is 59.4 Å². The summed E-state index contributed by atoms with van der Waals surface area (Å²) in [6.07, 6.45) is 1.32. The van der Waals surface area contributed by atoms with Crippen LogP contribution in [0.2, 0.25) is 0 Å². The minimum atomic E-state index is -0.495. The molecule has 0 radical (unpaired) electrons. The Kier molecular flexibility index (Phi) is 4.81. The number of carbonyl (C=O) groups is 2. The van der Waals surface area contributed by atoms with Gasteiger partial charge in [0.25, 0.3) is 11.8 Å². The van der Waals surface area contributed by atoms with E-state index < -0.39 is 5.82 Å². The van der Waals surface area contributed by atoms with Crippen LogP contribution in [0.15, 0.2) is 42.5 Å². The molecule has 2 aromatic rings. The van der Waals surface area contributed by atoms with Gasteiger partial charge in [-0.25, -0.2) is 4.39 Å². The van der Waals surface area contributed by atoms with Crippen LogP contribution >= 0.6 is 11.8 Å². The lowest BCUT2D eigenvalue weighted by molar-refractivity contribution is 0.0495. The smallest absolute Gasteiger partial charge is 0.257 e. The number of ether oxygens (including phenoxy) is 2. The minimum absolute atomic E-state index is 0.0573. The van der Waals surface area contributed by atoms with E-state index in [2.05, 4.69) is 0 Å². The first-order valence-electron chi connectivity index (χ1n) is 9.97. The molecule has 3 heterocycles. The molecule has 2 fully saturated rings. The van der Waals surface area contributed by atoms with Gasteiger partial charge in [0.05, 0.1) is 10.4 Å². The van der Waals surface area contributed by atoms with Crippen molar-refractivity contribution in [1.29, 1.82) is 0 Å². The van der Waals surface area contributed by atoms with E-state index in [0.29, 0.717) is 49.5 Å². The molecule has 0 N–H and O–H groups in total. The van der Waals surface area contributed by atoms with Crippen LogP contribution in [0.25, 0.3) is 0 Å². The molecular formula is C22H21FN2O4S. The van der Waals surface area contributed by atoms with Gasteiger partial charge < -0.3 is 19.3 Å². The molecule has 30 heavy (non-hydrogen) atoms. The molecule has 8 heteroatoms. The number of fused-ring (bicyclic) bond motifs is 1. The first-order chi connectivity index (χ1) is 14.6. The summed E-state index contributed by atoms with van der Waals surface area (Å²) in [4.78, 5) is 29.3. The highest BCUT2D eigenvalue weighted by atomic mass is 32.2. The second kappa shape index (κ2) is 7.50. The lowest BCUT2D eigenvalue weighted by atomic mass is 10.00. The summed E-state index contributed by atoms with van der Waals surface area (Å²) in [5.74, 6) is 1.23. The zero-order valence-corrected chi connectivity index (χ0v) is 17.1. The maximum atomic E-state index is 14.2. The molecule has 3 aliphatic heterocycles. The van der Waals surface area contributed by atoms with Gasteiger partial charge in [0.1, 0.15) is 5.82 Å². The van der Waals surface area contributed by atoms with Crippen molar-refractivity contribution in [2.24, 2.45) is 0 Å². The predicted octanol–water partition coefficient (Wildman–Crippen LogP) is 3.38. The van der Waals surface area contributed by atoms with Gasteiger partial charge in [-0.3, -0.25) is 9.59 Å². The summed E-state index contributed by atoms with van der Waals surface area (Å²) in [5.41, 5.74) is 0.673. The Morgan fingerprint density at radius 1 is 0.967 bits per heavy atom. The van der Waals surface area contributed by atoms with Gasteiger partial charge >= 0.3 is 0 Å². The maximum Gasteiger partial charge on any atom is 0.257 e. The van der Waals surface area contributed by atoms with Crippen LogP contribution in [0.1, 0.15) is 33.6 Å². The van der Waals surface area contributed by atoms with Crippen LogP contribution in [-0.4, -0.2) is 58.7 Å². The standard InChI is InChI=1S/C22H21FN2O4S/c23-17-4-2-1-3-16(17)21(27)25-11-12-30-22(25)7-9-24(10-8-22)20(26)15-5-6-18-19(13-15)29-14-28-18/h1-6,13H,7-12,14H2. The third-order valence-electron chi connectivity index (χ3n) is 5.98. The van der Waals surface area contributed by atoms with Gasteiger partial charge in [0, 0.05) is 31.0 Å². The Balaban J connectivity index is 1.30. The van der Waals surface area contributed by atoms with E-state index in [1.165, 1.54) is 12.1 Å². The molecule has 0 saturated carbocycles. The van der Waals surface area contributed by atoms with E-state index in [1.807, 2.05) is 4.90 Å². The van der Waals surface area contributed by atoms with Crippen LogP contribution in [0.4, 0.5) is 4.39 Å². The quantitative estimate of drug-likeness (QED) is 0.734. The third kappa shape index (κ3) is 3.19. The molecule has 6 nitrogen and oxygen atoms in total. The number of thioether (sulfide) groups is 1. The number of piperidine rings is 1. The molecule has 0 aliphatic carbocycles. The number of benzene rings is 2. The van der Waals surface area contributed by atoms with Gasteiger partial charge in [-0.1, -0.05) is 12.1 Å². The Hall–Kier alpha value is -2.74. The highest BCUT2D eigenvalue weighted by molar-refractivity contribution is 8.00. The second-order valence-corrected chi connectivity index (χ2v) is 9.05. The number of likely N-dealkylation sites (tertiary alicyclic amines) is 1. The van der Waals surface area contributed by atoms with Crippen molar-refractivity contribution in [2.75, 3.05) is 32.2 Å². The Labute approximate surface area is 177 Å². The van der Waals surface area contributed by atoms with Gasteiger partial charge in [0.2, 0.25) is 6.79 Å². The maximum absolute atomic E-state index is 14.2. The zero-order valence-electron chi connectivity index (χ0n) is 16.3. The number of hydrogen-bond acceptors (Lipinski definition) is 5. The normalized spacial score (nSPS) is 19.4. The summed E-state index contributed by atoms with van der Waals surface area (Å²) in [6.45, 7) is 1.85. The van der Waals surface area contributed by atoms with Crippen molar-refractivity contribution >= 4 is 23.6 Å². The monoisotopic (exact) mass is 428 g/mol. The molecule has 2 aromatic carbocycles. The number of amides is 2. The number of halogens is 1. The van der Waals surface area contributed by atoms with Crippen molar-refractivity contribution in [2.45, 2.75) is 17.7 Å². The minimum Gasteiger partial charge on any atom is -0.454 e. The van der Waals surface area contributed by atoms with Crippen molar-refractivity contribution in [1.82, 2.24) is 9.80 Å². The van der Waals surface area contributed by atoms with Gasteiger partial charge in [-0.15, -0.1) is 11.8 Å². The van der Waals surface area contributed by atoms with Crippen LogP contribution in [0.5, 0.6) is 11.5 Å². The second-order valence-electron chi connectivity index (χ2n) is 7.59. The summed E-state index contributed by atoms with van der Waals surface area (Å²) >= 11 is 1.74. The highest BCUT2D eigenvalue weighted by Gasteiger charge is 2.47. The number of carbonyl (C=O) groups excluding carboxylic acids is 2. The fraction of sp³-hybridized carbons (Fsp3) is 0.364. The summed E-state index contributed by atoms with van der Waals surface area (Å²) in [6, 6.07) is 11.3. The molecule has 2 saturated heterocycles. The van der Waals surface area contributed by atoms with Crippen molar-refractivity contribution in [3.63, 3.8) is 0 Å². The largest absolute Gasteiger partial charge is 0.454 e.